The van der Waals surface area contributed by atoms with Crippen LogP contribution in [-0.4, -0.2) is 48.7 Å². The van der Waals surface area contributed by atoms with Crippen molar-refractivity contribution in [1.29, 1.82) is 0 Å². The number of hydrogen-bond acceptors (Lipinski definition) is 8. The van der Waals surface area contributed by atoms with Crippen LogP contribution >= 0.6 is 11.6 Å². The number of hydrogen-bond donors (Lipinski definition) is 4. The largest absolute Gasteiger partial charge is 0.374 e. The zero-order chi connectivity index (χ0) is 30.5. The van der Waals surface area contributed by atoms with Gasteiger partial charge < -0.3 is 25.7 Å². The van der Waals surface area contributed by atoms with Crippen molar-refractivity contribution in [2.24, 2.45) is 0 Å². The van der Waals surface area contributed by atoms with Crippen LogP contribution in [0.25, 0.3) is 27.8 Å². The van der Waals surface area contributed by atoms with Gasteiger partial charge >= 0.3 is 6.03 Å². The van der Waals surface area contributed by atoms with Gasteiger partial charge in [-0.3, -0.25) is 9.36 Å². The Bertz CT molecular complexity index is 2000. The Morgan fingerprint density at radius 1 is 1.05 bits per heavy atom. The molecule has 0 fully saturated rings. The third-order valence-electron chi connectivity index (χ3n) is 6.81. The topological polar surface area (TPSA) is 152 Å². The molecule has 0 aliphatic heterocycles. The Balaban J connectivity index is 1.49. The highest BCUT2D eigenvalue weighted by Crippen LogP contribution is 2.27. The number of carbonyl (C=O) groups excluding carboxylic acids is 1. The number of benzene rings is 3. The Kier molecular flexibility index (Phi) is 8.43. The monoisotopic (exact) mass is 609 g/mol. The Morgan fingerprint density at radius 3 is 2.73 bits per heavy atom. The number of aromatic nitrogens is 6. The van der Waals surface area contributed by atoms with Crippen LogP contribution in [0.3, 0.4) is 0 Å². The Hall–Kier alpha value is -5.33. The second-order valence-electron chi connectivity index (χ2n) is 9.80. The molecule has 1 unspecified atom stereocenters. The third kappa shape index (κ3) is 6.07. The number of aromatic amines is 1. The van der Waals surface area contributed by atoms with Crippen molar-refractivity contribution in [3.8, 4) is 5.69 Å². The first-order chi connectivity index (χ1) is 21.5. The number of ether oxygens (including phenoxy) is 1. The van der Waals surface area contributed by atoms with Crippen molar-refractivity contribution < 1.29 is 9.53 Å². The third-order valence-corrected chi connectivity index (χ3v) is 7.13. The summed E-state index contributed by atoms with van der Waals surface area (Å²) < 4.78 is 7.67. The lowest BCUT2D eigenvalue weighted by Crippen LogP contribution is -2.31. The molecule has 12 nitrogen and oxygen atoms in total. The number of nitrogens with zero attached hydrogens (tertiary/aromatic N) is 5. The van der Waals surface area contributed by atoms with Crippen LogP contribution < -0.4 is 21.5 Å². The lowest BCUT2D eigenvalue weighted by Gasteiger charge is -2.24. The number of amides is 2. The number of H-pyrrole nitrogens is 1. The summed E-state index contributed by atoms with van der Waals surface area (Å²) >= 11 is 6.54. The molecular formula is C31H28ClN9O3. The molecule has 0 spiro atoms. The molecular weight excluding hydrogens is 582 g/mol. The summed E-state index contributed by atoms with van der Waals surface area (Å²) in [6, 6.07) is 20.8. The van der Waals surface area contributed by atoms with Crippen LogP contribution in [0.5, 0.6) is 0 Å². The minimum atomic E-state index is -0.684. The predicted molar refractivity (Wildman–Crippen MR) is 169 cm³/mol. The van der Waals surface area contributed by atoms with Gasteiger partial charge in [-0.2, -0.15) is 0 Å². The molecule has 222 valence electrons. The predicted octanol–water partition coefficient (Wildman–Crippen LogP) is 5.22. The standard InChI is InChI=1S/C31H28ClN9O3/c1-2-33-31(43)38-20-10-6-11-21(14-20)41-29(40-23-13-7-12-22(32)25(23)30(41)42)24(16-44-15-19-8-4-3-5-9-19)39-28-26-27(35-17-34-26)36-18-37-28/h3-14,17-18,24H,2,15-16H2,1H3,(H2,33,38,43)(H2,34,35,36,37,39). The van der Waals surface area contributed by atoms with Gasteiger partial charge in [-0.1, -0.05) is 54.1 Å². The van der Waals surface area contributed by atoms with Crippen molar-refractivity contribution >= 4 is 51.2 Å². The van der Waals surface area contributed by atoms with Gasteiger partial charge in [-0.15, -0.1) is 0 Å². The maximum Gasteiger partial charge on any atom is 0.319 e. The summed E-state index contributed by atoms with van der Waals surface area (Å²) in [5.74, 6) is 0.804. The van der Waals surface area contributed by atoms with Crippen molar-refractivity contribution in [2.75, 3.05) is 23.8 Å². The minimum absolute atomic E-state index is 0.115. The Morgan fingerprint density at radius 2 is 1.89 bits per heavy atom. The van der Waals surface area contributed by atoms with E-state index in [1.165, 1.54) is 17.2 Å². The van der Waals surface area contributed by atoms with Crippen LogP contribution in [-0.2, 0) is 11.3 Å². The molecule has 3 heterocycles. The van der Waals surface area contributed by atoms with Gasteiger partial charge in [0, 0.05) is 12.2 Å². The summed E-state index contributed by atoms with van der Waals surface area (Å²) in [6.07, 6.45) is 2.94. The molecule has 1 atom stereocenters. The summed E-state index contributed by atoms with van der Waals surface area (Å²) in [7, 11) is 0. The molecule has 0 bridgehead atoms. The van der Waals surface area contributed by atoms with Crippen molar-refractivity contribution in [2.45, 2.75) is 19.6 Å². The number of nitrogens with one attached hydrogen (secondary N) is 4. The molecule has 3 aromatic carbocycles. The molecule has 0 saturated carbocycles. The zero-order valence-electron chi connectivity index (χ0n) is 23.6. The molecule has 0 saturated heterocycles. The van der Waals surface area contributed by atoms with Gasteiger partial charge in [0.1, 0.15) is 23.7 Å². The fraction of sp³-hybridized carbons (Fsp3) is 0.161. The highest BCUT2D eigenvalue weighted by atomic mass is 35.5. The van der Waals surface area contributed by atoms with Gasteiger partial charge in [-0.25, -0.2) is 24.7 Å². The first-order valence-electron chi connectivity index (χ1n) is 13.9. The molecule has 4 N–H and O–H groups in total. The maximum atomic E-state index is 14.3. The van der Waals surface area contributed by atoms with E-state index >= 15 is 0 Å². The molecule has 6 rings (SSSR count). The number of rotatable bonds is 10. The smallest absolute Gasteiger partial charge is 0.319 e. The lowest BCUT2D eigenvalue weighted by atomic mass is 10.1. The van der Waals surface area contributed by atoms with Crippen molar-refractivity contribution in [1.82, 2.24) is 34.8 Å². The molecule has 2 amide bonds. The van der Waals surface area contributed by atoms with Crippen LogP contribution in [0, 0.1) is 0 Å². The summed E-state index contributed by atoms with van der Waals surface area (Å²) in [5, 5.41) is 9.46. The average molecular weight is 610 g/mol. The highest BCUT2D eigenvalue weighted by Gasteiger charge is 2.24. The molecule has 0 radical (unpaired) electrons. The van der Waals surface area contributed by atoms with E-state index in [0.29, 0.717) is 52.8 Å². The van der Waals surface area contributed by atoms with Gasteiger partial charge in [0.15, 0.2) is 11.5 Å². The number of carbonyl (C=O) groups is 1. The van der Waals surface area contributed by atoms with Crippen molar-refractivity contribution in [3.63, 3.8) is 0 Å². The van der Waals surface area contributed by atoms with E-state index in [2.05, 4.69) is 35.9 Å². The number of halogens is 1. The van der Waals surface area contributed by atoms with Crippen molar-refractivity contribution in [3.05, 3.63) is 112 Å². The van der Waals surface area contributed by atoms with Crippen LogP contribution in [0.15, 0.2) is 90.2 Å². The SMILES string of the molecule is CCNC(=O)Nc1cccc(-n2c(C(COCc3ccccc3)Nc3ncnc4nc[nH]c34)nc3cccc(Cl)c3c2=O)c1. The van der Waals surface area contributed by atoms with Gasteiger partial charge in [0.25, 0.3) is 5.56 Å². The van der Waals surface area contributed by atoms with E-state index in [1.807, 2.05) is 37.3 Å². The summed E-state index contributed by atoms with van der Waals surface area (Å²) in [5.41, 5.74) is 3.06. The molecule has 0 aliphatic carbocycles. The molecule has 44 heavy (non-hydrogen) atoms. The Labute approximate surface area is 256 Å². The highest BCUT2D eigenvalue weighted by molar-refractivity contribution is 6.35. The van der Waals surface area contributed by atoms with Crippen LogP contribution in [0.1, 0.15) is 24.4 Å². The summed E-state index contributed by atoms with van der Waals surface area (Å²) in [4.78, 5) is 47.4. The second kappa shape index (κ2) is 12.9. The van der Waals surface area contributed by atoms with E-state index in [-0.39, 0.29) is 28.6 Å². The van der Waals surface area contributed by atoms with E-state index in [4.69, 9.17) is 21.3 Å². The van der Waals surface area contributed by atoms with Gasteiger partial charge in [-0.05, 0) is 42.8 Å². The summed E-state index contributed by atoms with van der Waals surface area (Å²) in [6.45, 7) is 2.74. The molecule has 3 aromatic heterocycles. The first kappa shape index (κ1) is 28.8. The number of fused-ring (bicyclic) bond motifs is 2. The molecule has 0 aliphatic rings. The number of imidazole rings is 1. The quantitative estimate of drug-likeness (QED) is 0.165. The van der Waals surface area contributed by atoms with Gasteiger partial charge in [0.2, 0.25) is 0 Å². The fourth-order valence-electron chi connectivity index (χ4n) is 4.84. The zero-order valence-corrected chi connectivity index (χ0v) is 24.4. The first-order valence-corrected chi connectivity index (χ1v) is 14.3. The van der Waals surface area contributed by atoms with E-state index in [1.54, 1.807) is 42.5 Å². The molecule has 13 heteroatoms. The number of urea groups is 1. The van der Waals surface area contributed by atoms with E-state index < -0.39 is 6.04 Å². The van der Waals surface area contributed by atoms with E-state index in [0.717, 1.165) is 5.56 Å². The minimum Gasteiger partial charge on any atom is -0.374 e. The number of anilines is 2. The maximum absolute atomic E-state index is 14.3. The van der Waals surface area contributed by atoms with Crippen LogP contribution in [0.2, 0.25) is 5.02 Å². The van der Waals surface area contributed by atoms with Gasteiger partial charge in [0.05, 0.1) is 41.2 Å². The lowest BCUT2D eigenvalue weighted by molar-refractivity contribution is 0.110. The molecule has 6 aromatic rings. The van der Waals surface area contributed by atoms with Crippen LogP contribution in [0.4, 0.5) is 16.3 Å². The normalized spacial score (nSPS) is 11.9. The average Bonchev–Trinajstić information content (AvgIpc) is 3.51. The fourth-order valence-corrected chi connectivity index (χ4v) is 5.09. The van der Waals surface area contributed by atoms with E-state index in [9.17, 15) is 9.59 Å². The second-order valence-corrected chi connectivity index (χ2v) is 10.2.